The summed E-state index contributed by atoms with van der Waals surface area (Å²) in [6.07, 6.45) is 2.11. The number of likely N-dealkylation sites (tertiary alicyclic amines) is 1. The average Bonchev–Trinajstić information content (AvgIpc) is 3.10. The van der Waals surface area contributed by atoms with Gasteiger partial charge in [-0.2, -0.15) is 0 Å². The molecular weight excluding hydrogens is 331 g/mol. The monoisotopic (exact) mass is 356 g/mol. The predicted molar refractivity (Wildman–Crippen MR) is 99.5 cm³/mol. The lowest BCUT2D eigenvalue weighted by Crippen LogP contribution is -2.38. The highest BCUT2D eigenvalue weighted by Crippen LogP contribution is 2.33. The standard InChI is InChI=1S/C21H25FN2O2/c1-15(16-8-10-18(22)11-9-16)23-21(25)14-24-12-4-7-20(24)17-5-3-6-19(13-17)26-2/h3,5-6,8-11,13,15,20H,4,7,12,14H2,1-2H3,(H,23,25)/t15-,20-/m1/s1. The van der Waals surface area contributed by atoms with Crippen molar-refractivity contribution >= 4 is 5.91 Å². The van der Waals surface area contributed by atoms with Crippen molar-refractivity contribution in [2.45, 2.75) is 31.8 Å². The first-order valence-corrected chi connectivity index (χ1v) is 8.99. The third kappa shape index (κ3) is 4.41. The Labute approximate surface area is 154 Å². The van der Waals surface area contributed by atoms with Gasteiger partial charge in [0.05, 0.1) is 19.7 Å². The molecule has 1 aliphatic rings. The molecular formula is C21H25FN2O2. The van der Waals surface area contributed by atoms with Crippen LogP contribution in [0.25, 0.3) is 0 Å². The van der Waals surface area contributed by atoms with Crippen molar-refractivity contribution in [1.29, 1.82) is 0 Å². The molecule has 0 spiro atoms. The summed E-state index contributed by atoms with van der Waals surface area (Å²) in [5.74, 6) is 0.547. The zero-order chi connectivity index (χ0) is 18.5. The normalized spacial score (nSPS) is 18.5. The second-order valence-electron chi connectivity index (χ2n) is 6.75. The molecule has 1 heterocycles. The molecule has 1 fully saturated rings. The maximum Gasteiger partial charge on any atom is 0.234 e. The minimum absolute atomic E-state index is 0.0170. The Morgan fingerprint density at radius 1 is 1.31 bits per heavy atom. The Balaban J connectivity index is 1.61. The number of methoxy groups -OCH3 is 1. The quantitative estimate of drug-likeness (QED) is 0.855. The van der Waals surface area contributed by atoms with Gasteiger partial charge in [0, 0.05) is 6.04 Å². The number of hydrogen-bond donors (Lipinski definition) is 1. The Morgan fingerprint density at radius 3 is 2.81 bits per heavy atom. The predicted octanol–water partition coefficient (Wildman–Crippen LogP) is 3.85. The molecule has 3 rings (SSSR count). The molecule has 138 valence electrons. The second kappa shape index (κ2) is 8.32. The number of hydrogen-bond acceptors (Lipinski definition) is 3. The largest absolute Gasteiger partial charge is 0.497 e. The molecule has 26 heavy (non-hydrogen) atoms. The maximum absolute atomic E-state index is 13.0. The maximum atomic E-state index is 13.0. The van der Waals surface area contributed by atoms with E-state index in [4.69, 9.17) is 4.74 Å². The molecule has 0 aliphatic carbocycles. The third-order valence-corrected chi connectivity index (χ3v) is 4.94. The van der Waals surface area contributed by atoms with Gasteiger partial charge >= 0.3 is 0 Å². The summed E-state index contributed by atoms with van der Waals surface area (Å²) in [5.41, 5.74) is 2.08. The molecule has 0 unspecified atom stereocenters. The van der Waals surface area contributed by atoms with E-state index < -0.39 is 0 Å². The lowest BCUT2D eigenvalue weighted by molar-refractivity contribution is -0.123. The average molecular weight is 356 g/mol. The van der Waals surface area contributed by atoms with Crippen molar-refractivity contribution in [2.24, 2.45) is 0 Å². The van der Waals surface area contributed by atoms with Crippen LogP contribution in [-0.2, 0) is 4.79 Å². The molecule has 0 bridgehead atoms. The van der Waals surface area contributed by atoms with Crippen LogP contribution in [0.1, 0.15) is 43.0 Å². The molecule has 0 saturated carbocycles. The molecule has 1 aliphatic heterocycles. The van der Waals surface area contributed by atoms with Crippen molar-refractivity contribution < 1.29 is 13.9 Å². The van der Waals surface area contributed by atoms with Crippen LogP contribution in [0.3, 0.4) is 0 Å². The van der Waals surface area contributed by atoms with E-state index in [9.17, 15) is 9.18 Å². The topological polar surface area (TPSA) is 41.6 Å². The first-order chi connectivity index (χ1) is 12.6. The number of carbonyl (C=O) groups is 1. The minimum Gasteiger partial charge on any atom is -0.497 e. The van der Waals surface area contributed by atoms with Crippen LogP contribution in [0.5, 0.6) is 5.75 Å². The highest BCUT2D eigenvalue weighted by atomic mass is 19.1. The van der Waals surface area contributed by atoms with Crippen molar-refractivity contribution in [3.8, 4) is 5.75 Å². The van der Waals surface area contributed by atoms with Crippen LogP contribution in [0.15, 0.2) is 48.5 Å². The van der Waals surface area contributed by atoms with Crippen LogP contribution in [0.2, 0.25) is 0 Å². The number of carbonyl (C=O) groups excluding carboxylic acids is 1. The Hall–Kier alpha value is -2.40. The van der Waals surface area contributed by atoms with Crippen LogP contribution in [0.4, 0.5) is 4.39 Å². The van der Waals surface area contributed by atoms with Crippen molar-refractivity contribution in [3.05, 3.63) is 65.5 Å². The zero-order valence-electron chi connectivity index (χ0n) is 15.2. The molecule has 2 atom stereocenters. The van der Waals surface area contributed by atoms with Gasteiger partial charge in [-0.05, 0) is 61.7 Å². The van der Waals surface area contributed by atoms with Gasteiger partial charge in [0.15, 0.2) is 0 Å². The van der Waals surface area contributed by atoms with Gasteiger partial charge in [-0.3, -0.25) is 9.69 Å². The fraction of sp³-hybridized carbons (Fsp3) is 0.381. The van der Waals surface area contributed by atoms with E-state index in [-0.39, 0.29) is 23.8 Å². The van der Waals surface area contributed by atoms with Crippen LogP contribution in [0, 0.1) is 5.82 Å². The van der Waals surface area contributed by atoms with Gasteiger partial charge in [-0.15, -0.1) is 0 Å². The van der Waals surface area contributed by atoms with Gasteiger partial charge < -0.3 is 10.1 Å². The number of rotatable bonds is 6. The molecule has 2 aromatic carbocycles. The zero-order valence-corrected chi connectivity index (χ0v) is 15.2. The molecule has 0 aromatic heterocycles. The van der Waals surface area contributed by atoms with Crippen LogP contribution < -0.4 is 10.1 Å². The van der Waals surface area contributed by atoms with E-state index >= 15 is 0 Å². The van der Waals surface area contributed by atoms with Gasteiger partial charge in [0.1, 0.15) is 11.6 Å². The summed E-state index contributed by atoms with van der Waals surface area (Å²) in [6, 6.07) is 14.4. The van der Waals surface area contributed by atoms with E-state index in [1.165, 1.54) is 17.7 Å². The first-order valence-electron chi connectivity index (χ1n) is 8.99. The fourth-order valence-electron chi connectivity index (χ4n) is 3.55. The summed E-state index contributed by atoms with van der Waals surface area (Å²) in [6.45, 7) is 3.17. The number of nitrogens with one attached hydrogen (secondary N) is 1. The summed E-state index contributed by atoms with van der Waals surface area (Å²) in [5, 5.41) is 3.01. The lowest BCUT2D eigenvalue weighted by Gasteiger charge is -2.25. The third-order valence-electron chi connectivity index (χ3n) is 4.94. The number of nitrogens with zero attached hydrogens (tertiary/aromatic N) is 1. The first kappa shape index (κ1) is 18.4. The summed E-state index contributed by atoms with van der Waals surface area (Å²) in [4.78, 5) is 14.7. The molecule has 5 heteroatoms. The molecule has 0 radical (unpaired) electrons. The summed E-state index contributed by atoms with van der Waals surface area (Å²) >= 11 is 0. The van der Waals surface area contributed by atoms with Gasteiger partial charge in [-0.1, -0.05) is 24.3 Å². The number of ether oxygens (including phenoxy) is 1. The second-order valence-corrected chi connectivity index (χ2v) is 6.75. The van der Waals surface area contributed by atoms with Crippen LogP contribution >= 0.6 is 0 Å². The number of halogens is 1. The molecule has 1 amide bonds. The van der Waals surface area contributed by atoms with Gasteiger partial charge in [-0.25, -0.2) is 4.39 Å². The Kier molecular flexibility index (Phi) is 5.89. The lowest BCUT2D eigenvalue weighted by atomic mass is 10.0. The number of benzene rings is 2. The fourth-order valence-corrected chi connectivity index (χ4v) is 3.55. The van der Waals surface area contributed by atoms with E-state index in [1.54, 1.807) is 19.2 Å². The number of amides is 1. The molecule has 1 N–H and O–H groups in total. The van der Waals surface area contributed by atoms with E-state index in [0.29, 0.717) is 6.54 Å². The van der Waals surface area contributed by atoms with Gasteiger partial charge in [0.2, 0.25) is 5.91 Å². The minimum atomic E-state index is -0.273. The van der Waals surface area contributed by atoms with Crippen molar-refractivity contribution in [1.82, 2.24) is 10.2 Å². The smallest absolute Gasteiger partial charge is 0.234 e. The van der Waals surface area contributed by atoms with Crippen LogP contribution in [-0.4, -0.2) is 31.0 Å². The highest BCUT2D eigenvalue weighted by molar-refractivity contribution is 5.78. The Morgan fingerprint density at radius 2 is 2.08 bits per heavy atom. The van der Waals surface area contributed by atoms with E-state index in [2.05, 4.69) is 16.3 Å². The van der Waals surface area contributed by atoms with Crippen molar-refractivity contribution in [2.75, 3.05) is 20.2 Å². The molecule has 2 aromatic rings. The van der Waals surface area contributed by atoms with E-state index in [1.807, 2.05) is 25.1 Å². The highest BCUT2D eigenvalue weighted by Gasteiger charge is 2.28. The summed E-state index contributed by atoms with van der Waals surface area (Å²) in [7, 11) is 1.66. The SMILES string of the molecule is COc1cccc([C@H]2CCCN2CC(=O)N[C@H](C)c2ccc(F)cc2)c1. The van der Waals surface area contributed by atoms with Gasteiger partial charge in [0.25, 0.3) is 0 Å². The van der Waals surface area contributed by atoms with Crippen molar-refractivity contribution in [3.63, 3.8) is 0 Å². The molecule has 4 nitrogen and oxygen atoms in total. The molecule has 1 saturated heterocycles. The summed E-state index contributed by atoms with van der Waals surface area (Å²) < 4.78 is 18.4. The van der Waals surface area contributed by atoms with E-state index in [0.717, 1.165) is 30.7 Å². The Bertz CT molecular complexity index is 748.